The Kier molecular flexibility index (Phi) is 4.89. The summed E-state index contributed by atoms with van der Waals surface area (Å²) in [5.41, 5.74) is 3.93. The first-order valence-electron chi connectivity index (χ1n) is 9.61. The molecule has 0 unspecified atom stereocenters. The maximum Gasteiger partial charge on any atom is 0.243 e. The zero-order chi connectivity index (χ0) is 19.9. The van der Waals surface area contributed by atoms with Crippen LogP contribution in [-0.2, 0) is 21.2 Å². The summed E-state index contributed by atoms with van der Waals surface area (Å²) in [5.74, 6) is -0.0239. The normalized spacial score (nSPS) is 20.6. The summed E-state index contributed by atoms with van der Waals surface area (Å²) in [4.78, 5) is 14.1. The Labute approximate surface area is 166 Å². The molecule has 7 heteroatoms. The number of carbonyl (C=O) groups excluding carboxylic acids is 1. The molecule has 2 aromatic carbocycles. The summed E-state index contributed by atoms with van der Waals surface area (Å²) in [6.07, 6.45) is 0.963. The van der Waals surface area contributed by atoms with Crippen molar-refractivity contribution in [2.45, 2.75) is 37.6 Å². The van der Waals surface area contributed by atoms with E-state index in [0.717, 1.165) is 11.3 Å². The van der Waals surface area contributed by atoms with Crippen LogP contribution in [-0.4, -0.2) is 44.3 Å². The fourth-order valence-corrected chi connectivity index (χ4v) is 5.49. The summed E-state index contributed by atoms with van der Waals surface area (Å²) in [5, 5.41) is 2.80. The van der Waals surface area contributed by atoms with Crippen LogP contribution < -0.4 is 10.2 Å². The zero-order valence-electron chi connectivity index (χ0n) is 16.2. The van der Waals surface area contributed by atoms with E-state index in [1.807, 2.05) is 0 Å². The smallest absolute Gasteiger partial charge is 0.243 e. The lowest BCUT2D eigenvalue weighted by molar-refractivity contribution is -0.116. The van der Waals surface area contributed by atoms with E-state index in [9.17, 15) is 13.2 Å². The molecule has 2 heterocycles. The number of sulfonamides is 1. The number of carbonyl (C=O) groups is 1. The molecule has 0 aromatic heterocycles. The molecule has 28 heavy (non-hydrogen) atoms. The predicted molar refractivity (Wildman–Crippen MR) is 110 cm³/mol. The fraction of sp³-hybridized carbons (Fsp3) is 0.381. The van der Waals surface area contributed by atoms with Crippen LogP contribution in [0.1, 0.15) is 24.5 Å². The first kappa shape index (κ1) is 19.0. The first-order chi connectivity index (χ1) is 13.3. The largest absolute Gasteiger partial charge is 0.366 e. The van der Waals surface area contributed by atoms with Crippen molar-refractivity contribution < 1.29 is 13.2 Å². The molecular formula is C21H25N3O3S. The van der Waals surface area contributed by atoms with Crippen LogP contribution in [0, 0.1) is 6.92 Å². The highest BCUT2D eigenvalue weighted by atomic mass is 32.2. The lowest BCUT2D eigenvalue weighted by Gasteiger charge is -2.40. The molecule has 2 aliphatic heterocycles. The molecule has 0 aliphatic carbocycles. The van der Waals surface area contributed by atoms with Gasteiger partial charge in [0.15, 0.2) is 0 Å². The number of hydrogen-bond acceptors (Lipinski definition) is 4. The monoisotopic (exact) mass is 399 g/mol. The second-order valence-electron chi connectivity index (χ2n) is 7.61. The Bertz CT molecular complexity index is 1000. The third-order valence-corrected chi connectivity index (χ3v) is 7.43. The van der Waals surface area contributed by atoms with Gasteiger partial charge in [0.2, 0.25) is 15.9 Å². The SMILES string of the molecule is Cc1ccc(N2CCN(S(=O)(=O)c3ccc4c(c3)CCC(=O)N4)C[C@@H]2C)cc1. The van der Waals surface area contributed by atoms with Crippen LogP contribution in [0.15, 0.2) is 47.4 Å². The van der Waals surface area contributed by atoms with Gasteiger partial charge in [-0.15, -0.1) is 0 Å². The van der Waals surface area contributed by atoms with Crippen molar-refractivity contribution in [3.63, 3.8) is 0 Å². The molecule has 0 bridgehead atoms. The fourth-order valence-electron chi connectivity index (χ4n) is 3.93. The van der Waals surface area contributed by atoms with Gasteiger partial charge in [0.05, 0.1) is 4.90 Å². The van der Waals surface area contributed by atoms with Crippen molar-refractivity contribution in [3.8, 4) is 0 Å². The van der Waals surface area contributed by atoms with Crippen LogP contribution in [0.5, 0.6) is 0 Å². The second kappa shape index (κ2) is 7.22. The Morgan fingerprint density at radius 1 is 1.04 bits per heavy atom. The molecule has 2 aliphatic rings. The zero-order valence-corrected chi connectivity index (χ0v) is 17.0. The van der Waals surface area contributed by atoms with Gasteiger partial charge in [0, 0.05) is 43.5 Å². The number of rotatable bonds is 3. The van der Waals surface area contributed by atoms with Crippen molar-refractivity contribution in [3.05, 3.63) is 53.6 Å². The van der Waals surface area contributed by atoms with Crippen molar-refractivity contribution in [2.75, 3.05) is 29.9 Å². The summed E-state index contributed by atoms with van der Waals surface area (Å²) in [6.45, 7) is 5.68. The van der Waals surface area contributed by atoms with Gasteiger partial charge in [0.25, 0.3) is 0 Å². The molecule has 1 saturated heterocycles. The lowest BCUT2D eigenvalue weighted by atomic mass is 10.0. The molecule has 1 fully saturated rings. The molecule has 0 saturated carbocycles. The summed E-state index contributed by atoms with van der Waals surface area (Å²) < 4.78 is 28.0. The maximum absolute atomic E-state index is 13.2. The Balaban J connectivity index is 1.53. The highest BCUT2D eigenvalue weighted by Gasteiger charge is 2.33. The number of nitrogens with zero attached hydrogens (tertiary/aromatic N) is 2. The van der Waals surface area contributed by atoms with Gasteiger partial charge in [-0.25, -0.2) is 8.42 Å². The molecule has 148 valence electrons. The van der Waals surface area contributed by atoms with Gasteiger partial charge in [-0.3, -0.25) is 4.79 Å². The van der Waals surface area contributed by atoms with E-state index in [1.165, 1.54) is 5.56 Å². The Morgan fingerprint density at radius 3 is 2.50 bits per heavy atom. The number of amides is 1. The number of fused-ring (bicyclic) bond motifs is 1. The van der Waals surface area contributed by atoms with Gasteiger partial charge < -0.3 is 10.2 Å². The average molecular weight is 400 g/mol. The first-order valence-corrected chi connectivity index (χ1v) is 11.0. The van der Waals surface area contributed by atoms with Crippen LogP contribution in [0.4, 0.5) is 11.4 Å². The van der Waals surface area contributed by atoms with E-state index in [2.05, 4.69) is 48.3 Å². The standard InChI is InChI=1S/C21H25N3O3S/c1-15-3-6-18(7-4-15)24-12-11-23(14-16(24)2)28(26,27)19-8-9-20-17(13-19)5-10-21(25)22-20/h3-4,6-9,13,16H,5,10-12,14H2,1-2H3,(H,22,25)/t16-/m0/s1. The van der Waals surface area contributed by atoms with Gasteiger partial charge in [0.1, 0.15) is 0 Å². The summed E-state index contributed by atoms with van der Waals surface area (Å²) in [6, 6.07) is 13.4. The van der Waals surface area contributed by atoms with E-state index in [0.29, 0.717) is 43.1 Å². The van der Waals surface area contributed by atoms with Crippen LogP contribution in [0.25, 0.3) is 0 Å². The summed E-state index contributed by atoms with van der Waals surface area (Å²) in [7, 11) is -3.56. The van der Waals surface area contributed by atoms with Crippen LogP contribution in [0.3, 0.4) is 0 Å². The molecule has 0 radical (unpaired) electrons. The third-order valence-electron chi connectivity index (χ3n) is 5.57. The molecule has 0 spiro atoms. The molecule has 1 amide bonds. The maximum atomic E-state index is 13.2. The van der Waals surface area contributed by atoms with Gasteiger partial charge >= 0.3 is 0 Å². The third kappa shape index (κ3) is 3.52. The van der Waals surface area contributed by atoms with Crippen molar-refractivity contribution in [1.82, 2.24) is 4.31 Å². The molecule has 1 N–H and O–H groups in total. The molecule has 2 aromatic rings. The topological polar surface area (TPSA) is 69.7 Å². The Hall–Kier alpha value is -2.38. The van der Waals surface area contributed by atoms with Crippen molar-refractivity contribution in [2.24, 2.45) is 0 Å². The minimum atomic E-state index is -3.56. The quantitative estimate of drug-likeness (QED) is 0.862. The number of nitrogens with one attached hydrogen (secondary N) is 1. The van der Waals surface area contributed by atoms with Crippen molar-refractivity contribution in [1.29, 1.82) is 0 Å². The Morgan fingerprint density at radius 2 is 1.79 bits per heavy atom. The molecule has 4 rings (SSSR count). The van der Waals surface area contributed by atoms with E-state index in [-0.39, 0.29) is 11.9 Å². The van der Waals surface area contributed by atoms with Crippen LogP contribution in [0.2, 0.25) is 0 Å². The van der Waals surface area contributed by atoms with E-state index >= 15 is 0 Å². The van der Waals surface area contributed by atoms with Crippen LogP contribution >= 0.6 is 0 Å². The minimum absolute atomic E-state index is 0.0239. The number of piperazine rings is 1. The van der Waals surface area contributed by atoms with Gasteiger partial charge in [-0.2, -0.15) is 4.31 Å². The minimum Gasteiger partial charge on any atom is -0.366 e. The van der Waals surface area contributed by atoms with E-state index < -0.39 is 10.0 Å². The number of benzene rings is 2. The average Bonchev–Trinajstić information content (AvgIpc) is 2.68. The highest BCUT2D eigenvalue weighted by molar-refractivity contribution is 7.89. The number of hydrogen-bond donors (Lipinski definition) is 1. The lowest BCUT2D eigenvalue weighted by Crippen LogP contribution is -2.53. The molecule has 1 atom stereocenters. The van der Waals surface area contributed by atoms with Gasteiger partial charge in [-0.1, -0.05) is 17.7 Å². The van der Waals surface area contributed by atoms with E-state index in [1.54, 1.807) is 22.5 Å². The van der Waals surface area contributed by atoms with Crippen molar-refractivity contribution >= 4 is 27.3 Å². The summed E-state index contributed by atoms with van der Waals surface area (Å²) >= 11 is 0. The molecule has 6 nitrogen and oxygen atoms in total. The van der Waals surface area contributed by atoms with Gasteiger partial charge in [-0.05, 0) is 56.2 Å². The second-order valence-corrected chi connectivity index (χ2v) is 9.55. The highest BCUT2D eigenvalue weighted by Crippen LogP contribution is 2.29. The van der Waals surface area contributed by atoms with E-state index in [4.69, 9.17) is 0 Å². The number of anilines is 2. The molecular weight excluding hydrogens is 374 g/mol. The number of aryl methyl sites for hydroxylation is 2. The predicted octanol–water partition coefficient (Wildman–Crippen LogP) is 2.78.